The molecule has 2 rings (SSSR count). The molecule has 0 amide bonds. The van der Waals surface area contributed by atoms with Crippen molar-refractivity contribution >= 4 is 38.3 Å². The minimum atomic E-state index is -3.56. The maximum absolute atomic E-state index is 12.4. The van der Waals surface area contributed by atoms with E-state index in [2.05, 4.69) is 32.6 Å². The number of rotatable bonds is 5. The monoisotopic (exact) mass is 405 g/mol. The van der Waals surface area contributed by atoms with Crippen molar-refractivity contribution in [1.82, 2.24) is 9.88 Å². The van der Waals surface area contributed by atoms with Crippen LogP contribution in [0, 0.1) is 3.57 Å². The summed E-state index contributed by atoms with van der Waals surface area (Å²) in [6.45, 7) is 0.620. The number of aryl methyl sites for hydroxylation is 1. The van der Waals surface area contributed by atoms with Crippen molar-refractivity contribution in [2.45, 2.75) is 11.4 Å². The quantitative estimate of drug-likeness (QED) is 0.750. The summed E-state index contributed by atoms with van der Waals surface area (Å²) in [5, 5.41) is 3.01. The third-order valence-corrected chi connectivity index (χ3v) is 5.14. The molecule has 1 aromatic heterocycles. The summed E-state index contributed by atoms with van der Waals surface area (Å²) in [5.41, 5.74) is 1.50. The van der Waals surface area contributed by atoms with Gasteiger partial charge in [0.25, 0.3) is 10.0 Å². The number of hydrogen-bond donors (Lipinski definition) is 2. The molecule has 2 aromatic rings. The Hall–Kier alpha value is -1.06. The molecule has 0 atom stereocenters. The summed E-state index contributed by atoms with van der Waals surface area (Å²) in [4.78, 5) is 0.268. The second kappa shape index (κ2) is 6.15. The van der Waals surface area contributed by atoms with Gasteiger partial charge in [0, 0.05) is 29.1 Å². The summed E-state index contributed by atoms with van der Waals surface area (Å²) in [6, 6.07) is 8.95. The fourth-order valence-corrected chi connectivity index (χ4v) is 3.71. The molecule has 0 spiro atoms. The lowest BCUT2D eigenvalue weighted by Gasteiger charge is -2.07. The average Bonchev–Trinajstić information content (AvgIpc) is 2.75. The molecule has 2 N–H and O–H groups in total. The molecule has 5 nitrogen and oxygen atoms in total. The average molecular weight is 405 g/mol. The molecule has 20 heavy (non-hydrogen) atoms. The largest absolute Gasteiger partial charge is 0.352 e. The molecular formula is C13H16IN3O2S. The van der Waals surface area contributed by atoms with Crippen LogP contribution in [-0.4, -0.2) is 20.0 Å². The van der Waals surface area contributed by atoms with E-state index in [0.29, 0.717) is 12.2 Å². The number of anilines is 1. The van der Waals surface area contributed by atoms with Gasteiger partial charge in [-0.25, -0.2) is 8.42 Å². The molecule has 0 aliphatic rings. The smallest absolute Gasteiger partial charge is 0.263 e. The van der Waals surface area contributed by atoms with Crippen molar-refractivity contribution in [3.8, 4) is 0 Å². The van der Waals surface area contributed by atoms with Crippen molar-refractivity contribution in [3.63, 3.8) is 0 Å². The summed E-state index contributed by atoms with van der Waals surface area (Å²) < 4.78 is 30.0. The molecule has 108 valence electrons. The standard InChI is InChI=1S/C13H16IN3O2S/c1-15-8-10-7-11(9-17(10)2)20(18,19)16-13-6-4-3-5-12(13)14/h3-7,9,15-16H,8H2,1-2H3. The zero-order valence-electron chi connectivity index (χ0n) is 11.2. The van der Waals surface area contributed by atoms with E-state index in [1.807, 2.05) is 26.2 Å². The molecule has 0 unspecified atom stereocenters. The molecule has 0 bridgehead atoms. The van der Waals surface area contributed by atoms with Crippen LogP contribution in [0.5, 0.6) is 0 Å². The topological polar surface area (TPSA) is 63.1 Å². The number of aromatic nitrogens is 1. The van der Waals surface area contributed by atoms with E-state index in [1.165, 1.54) is 0 Å². The van der Waals surface area contributed by atoms with Crippen LogP contribution in [0.4, 0.5) is 5.69 Å². The van der Waals surface area contributed by atoms with Crippen molar-refractivity contribution in [1.29, 1.82) is 0 Å². The predicted octanol–water partition coefficient (Wildman–Crippen LogP) is 2.15. The molecule has 7 heteroatoms. The highest BCUT2D eigenvalue weighted by Crippen LogP contribution is 2.22. The number of sulfonamides is 1. The molecule has 0 saturated carbocycles. The van der Waals surface area contributed by atoms with E-state index in [0.717, 1.165) is 9.26 Å². The number of nitrogens with one attached hydrogen (secondary N) is 2. The van der Waals surface area contributed by atoms with Gasteiger partial charge in [0.15, 0.2) is 0 Å². The zero-order valence-corrected chi connectivity index (χ0v) is 14.2. The predicted molar refractivity (Wildman–Crippen MR) is 88.1 cm³/mol. The first-order valence-electron chi connectivity index (χ1n) is 6.01. The first-order chi connectivity index (χ1) is 9.44. The number of benzene rings is 1. The Morgan fingerprint density at radius 2 is 2.00 bits per heavy atom. The van der Waals surface area contributed by atoms with Gasteiger partial charge < -0.3 is 9.88 Å². The fraction of sp³-hybridized carbons (Fsp3) is 0.231. The normalized spacial score (nSPS) is 11.6. The second-order valence-corrected chi connectivity index (χ2v) is 7.24. The third-order valence-electron chi connectivity index (χ3n) is 2.87. The minimum Gasteiger partial charge on any atom is -0.352 e. The molecule has 0 aliphatic heterocycles. The van der Waals surface area contributed by atoms with Gasteiger partial charge in [-0.2, -0.15) is 0 Å². The zero-order chi connectivity index (χ0) is 14.8. The molecule has 0 saturated heterocycles. The van der Waals surface area contributed by atoms with Gasteiger partial charge >= 0.3 is 0 Å². The third kappa shape index (κ3) is 3.33. The van der Waals surface area contributed by atoms with Crippen molar-refractivity contribution < 1.29 is 8.42 Å². The fourth-order valence-electron chi connectivity index (χ4n) is 1.83. The van der Waals surface area contributed by atoms with Gasteiger partial charge in [-0.1, -0.05) is 12.1 Å². The van der Waals surface area contributed by atoms with Crippen molar-refractivity contribution in [3.05, 3.63) is 45.8 Å². The number of hydrogen-bond acceptors (Lipinski definition) is 3. The highest BCUT2D eigenvalue weighted by Gasteiger charge is 2.18. The van der Waals surface area contributed by atoms with Crippen LogP contribution in [-0.2, 0) is 23.6 Å². The summed E-state index contributed by atoms with van der Waals surface area (Å²) >= 11 is 2.10. The molecule has 1 aromatic carbocycles. The summed E-state index contributed by atoms with van der Waals surface area (Å²) in [6.07, 6.45) is 1.62. The number of halogens is 1. The molecular weight excluding hydrogens is 389 g/mol. The van der Waals surface area contributed by atoms with E-state index in [1.54, 1.807) is 29.0 Å². The lowest BCUT2D eigenvalue weighted by atomic mass is 10.3. The van der Waals surface area contributed by atoms with Crippen molar-refractivity contribution in [2.75, 3.05) is 11.8 Å². The number of para-hydroxylation sites is 1. The Labute approximate surface area is 132 Å². The van der Waals surface area contributed by atoms with Crippen LogP contribution < -0.4 is 10.0 Å². The summed E-state index contributed by atoms with van der Waals surface area (Å²) in [7, 11) is 0.0972. The Balaban J connectivity index is 2.31. The molecule has 0 radical (unpaired) electrons. The van der Waals surface area contributed by atoms with Gasteiger partial charge in [0.05, 0.1) is 5.69 Å². The van der Waals surface area contributed by atoms with Crippen LogP contribution in [0.25, 0.3) is 0 Å². The van der Waals surface area contributed by atoms with Crippen LogP contribution in [0.2, 0.25) is 0 Å². The lowest BCUT2D eigenvalue weighted by molar-refractivity contribution is 0.601. The second-order valence-electron chi connectivity index (χ2n) is 4.39. The lowest BCUT2D eigenvalue weighted by Crippen LogP contribution is -2.13. The van der Waals surface area contributed by atoms with E-state index < -0.39 is 10.0 Å². The van der Waals surface area contributed by atoms with Crippen LogP contribution in [0.1, 0.15) is 5.69 Å². The van der Waals surface area contributed by atoms with Crippen LogP contribution in [0.15, 0.2) is 41.4 Å². The maximum atomic E-state index is 12.4. The number of nitrogens with zero attached hydrogens (tertiary/aromatic N) is 1. The SMILES string of the molecule is CNCc1cc(S(=O)(=O)Nc2ccccc2I)cn1C. The Morgan fingerprint density at radius 3 is 2.65 bits per heavy atom. The van der Waals surface area contributed by atoms with E-state index in [4.69, 9.17) is 0 Å². The Kier molecular flexibility index (Phi) is 4.71. The highest BCUT2D eigenvalue weighted by atomic mass is 127. The Bertz CT molecular complexity index is 710. The highest BCUT2D eigenvalue weighted by molar-refractivity contribution is 14.1. The van der Waals surface area contributed by atoms with Gasteiger partial charge in [-0.15, -0.1) is 0 Å². The van der Waals surface area contributed by atoms with Gasteiger partial charge in [-0.3, -0.25) is 4.72 Å². The van der Waals surface area contributed by atoms with Crippen LogP contribution in [0.3, 0.4) is 0 Å². The molecule has 0 aliphatic carbocycles. The maximum Gasteiger partial charge on any atom is 0.263 e. The van der Waals surface area contributed by atoms with E-state index in [9.17, 15) is 8.42 Å². The van der Waals surface area contributed by atoms with Crippen LogP contribution >= 0.6 is 22.6 Å². The van der Waals surface area contributed by atoms with Crippen molar-refractivity contribution in [2.24, 2.45) is 7.05 Å². The first-order valence-corrected chi connectivity index (χ1v) is 8.57. The van der Waals surface area contributed by atoms with Gasteiger partial charge in [0.1, 0.15) is 4.90 Å². The van der Waals surface area contributed by atoms with Gasteiger partial charge in [0.2, 0.25) is 0 Å². The first kappa shape index (κ1) is 15.3. The molecule has 0 fully saturated rings. The summed E-state index contributed by atoms with van der Waals surface area (Å²) in [5.74, 6) is 0. The Morgan fingerprint density at radius 1 is 1.30 bits per heavy atom. The van der Waals surface area contributed by atoms with Gasteiger partial charge in [-0.05, 0) is 47.8 Å². The minimum absolute atomic E-state index is 0.268. The van der Waals surface area contributed by atoms with E-state index in [-0.39, 0.29) is 4.90 Å². The molecule has 1 heterocycles. The van der Waals surface area contributed by atoms with E-state index >= 15 is 0 Å².